The van der Waals surface area contributed by atoms with Crippen LogP contribution in [0.2, 0.25) is 0 Å². The average molecular weight is 367 g/mol. The molecule has 1 aliphatic rings. The van der Waals surface area contributed by atoms with E-state index in [2.05, 4.69) is 10.3 Å². The SMILES string of the molecule is O=C(NC(Cn1cnc2ccccc21)c1ccc(F)cc1)C1CCOCC1. The summed E-state index contributed by atoms with van der Waals surface area (Å²) in [5, 5.41) is 3.16. The average Bonchev–Trinajstić information content (AvgIpc) is 3.12. The van der Waals surface area contributed by atoms with Crippen molar-refractivity contribution in [2.75, 3.05) is 13.2 Å². The number of nitrogens with zero attached hydrogens (tertiary/aromatic N) is 2. The third-order valence-electron chi connectivity index (χ3n) is 5.09. The van der Waals surface area contributed by atoms with Gasteiger partial charge >= 0.3 is 0 Å². The van der Waals surface area contributed by atoms with Crippen LogP contribution in [0.5, 0.6) is 0 Å². The van der Waals surface area contributed by atoms with Crippen LogP contribution in [-0.2, 0) is 16.1 Å². The molecule has 5 nitrogen and oxygen atoms in total. The number of para-hydroxylation sites is 2. The Hall–Kier alpha value is -2.73. The molecular formula is C21H22FN3O2. The molecule has 2 heterocycles. The first-order valence-corrected chi connectivity index (χ1v) is 9.24. The van der Waals surface area contributed by atoms with Crippen molar-refractivity contribution in [1.29, 1.82) is 0 Å². The maximum atomic E-state index is 13.4. The van der Waals surface area contributed by atoms with Crippen LogP contribution < -0.4 is 5.32 Å². The first kappa shape index (κ1) is 17.7. The highest BCUT2D eigenvalue weighted by Gasteiger charge is 2.25. The lowest BCUT2D eigenvalue weighted by atomic mass is 9.98. The van der Waals surface area contributed by atoms with Crippen LogP contribution in [0.1, 0.15) is 24.4 Å². The summed E-state index contributed by atoms with van der Waals surface area (Å²) in [6, 6.07) is 13.9. The summed E-state index contributed by atoms with van der Waals surface area (Å²) in [6.45, 7) is 1.76. The largest absolute Gasteiger partial charge is 0.381 e. The monoisotopic (exact) mass is 367 g/mol. The zero-order valence-corrected chi connectivity index (χ0v) is 15.0. The molecule has 2 aromatic carbocycles. The van der Waals surface area contributed by atoms with Crippen LogP contribution in [0.25, 0.3) is 11.0 Å². The van der Waals surface area contributed by atoms with E-state index in [9.17, 15) is 9.18 Å². The fourth-order valence-corrected chi connectivity index (χ4v) is 3.53. The molecule has 6 heteroatoms. The van der Waals surface area contributed by atoms with Crippen molar-refractivity contribution in [2.45, 2.75) is 25.4 Å². The maximum absolute atomic E-state index is 13.4. The number of rotatable bonds is 5. The molecule has 1 amide bonds. The van der Waals surface area contributed by atoms with E-state index in [4.69, 9.17) is 4.74 Å². The number of benzene rings is 2. The Labute approximate surface area is 157 Å². The first-order valence-electron chi connectivity index (χ1n) is 9.24. The van der Waals surface area contributed by atoms with Crippen LogP contribution in [0, 0.1) is 11.7 Å². The van der Waals surface area contributed by atoms with E-state index in [1.807, 2.05) is 28.8 Å². The van der Waals surface area contributed by atoms with Crippen LogP contribution in [0.15, 0.2) is 54.9 Å². The number of hydrogen-bond acceptors (Lipinski definition) is 3. The fraction of sp³-hybridized carbons (Fsp3) is 0.333. The molecule has 0 saturated carbocycles. The van der Waals surface area contributed by atoms with E-state index in [0.29, 0.717) is 19.8 Å². The number of ether oxygens (including phenoxy) is 1. The summed E-state index contributed by atoms with van der Waals surface area (Å²) in [4.78, 5) is 17.2. The lowest BCUT2D eigenvalue weighted by molar-refractivity contribution is -0.128. The van der Waals surface area contributed by atoms with Crippen molar-refractivity contribution in [3.63, 3.8) is 0 Å². The van der Waals surface area contributed by atoms with Crippen molar-refractivity contribution < 1.29 is 13.9 Å². The van der Waals surface area contributed by atoms with E-state index in [-0.39, 0.29) is 23.7 Å². The second-order valence-corrected chi connectivity index (χ2v) is 6.89. The predicted octanol–water partition coefficient (Wildman–Crippen LogP) is 3.46. The molecule has 27 heavy (non-hydrogen) atoms. The third kappa shape index (κ3) is 4.01. The Morgan fingerprint density at radius 3 is 2.70 bits per heavy atom. The van der Waals surface area contributed by atoms with Gasteiger partial charge < -0.3 is 14.6 Å². The second-order valence-electron chi connectivity index (χ2n) is 6.89. The van der Waals surface area contributed by atoms with Crippen LogP contribution >= 0.6 is 0 Å². The Morgan fingerprint density at radius 2 is 1.93 bits per heavy atom. The third-order valence-corrected chi connectivity index (χ3v) is 5.09. The molecule has 1 N–H and O–H groups in total. The van der Waals surface area contributed by atoms with Gasteiger partial charge in [-0.05, 0) is 42.7 Å². The number of halogens is 1. The zero-order valence-electron chi connectivity index (χ0n) is 15.0. The number of carbonyl (C=O) groups is 1. The van der Waals surface area contributed by atoms with Crippen LogP contribution in [-0.4, -0.2) is 28.7 Å². The molecule has 0 aliphatic carbocycles. The minimum atomic E-state index is -0.290. The van der Waals surface area contributed by atoms with Gasteiger partial charge in [0.25, 0.3) is 0 Å². The molecule has 0 radical (unpaired) electrons. The quantitative estimate of drug-likeness (QED) is 0.751. The summed E-state index contributed by atoms with van der Waals surface area (Å²) in [7, 11) is 0. The number of carbonyl (C=O) groups excluding carboxylic acids is 1. The van der Waals surface area contributed by atoms with Crippen LogP contribution in [0.4, 0.5) is 4.39 Å². The standard InChI is InChI=1S/C21H22FN3O2/c22-17-7-5-15(6-8-17)19(24-21(26)16-9-11-27-12-10-16)13-25-14-23-18-3-1-2-4-20(18)25/h1-8,14,16,19H,9-13H2,(H,24,26). The predicted molar refractivity (Wildman–Crippen MR) is 101 cm³/mol. The summed E-state index contributed by atoms with van der Waals surface area (Å²) in [6.07, 6.45) is 3.24. The summed E-state index contributed by atoms with van der Waals surface area (Å²) < 4.78 is 20.7. The maximum Gasteiger partial charge on any atom is 0.223 e. The zero-order chi connectivity index (χ0) is 18.6. The van der Waals surface area contributed by atoms with Gasteiger partial charge in [-0.15, -0.1) is 0 Å². The number of aromatic nitrogens is 2. The fourth-order valence-electron chi connectivity index (χ4n) is 3.53. The summed E-state index contributed by atoms with van der Waals surface area (Å²) in [5.41, 5.74) is 2.78. The normalized spacial score (nSPS) is 16.3. The first-order chi connectivity index (χ1) is 13.2. The molecule has 1 aromatic heterocycles. The molecule has 1 saturated heterocycles. The van der Waals surface area contributed by atoms with E-state index in [0.717, 1.165) is 29.4 Å². The molecule has 1 aliphatic heterocycles. The van der Waals surface area contributed by atoms with E-state index in [1.165, 1.54) is 12.1 Å². The van der Waals surface area contributed by atoms with Gasteiger partial charge in [-0.25, -0.2) is 9.37 Å². The number of nitrogens with one attached hydrogen (secondary N) is 1. The number of fused-ring (bicyclic) bond motifs is 1. The second kappa shape index (κ2) is 7.88. The highest BCUT2D eigenvalue weighted by molar-refractivity contribution is 5.79. The van der Waals surface area contributed by atoms with Gasteiger partial charge in [-0.2, -0.15) is 0 Å². The lowest BCUT2D eigenvalue weighted by Gasteiger charge is -2.26. The van der Waals surface area contributed by atoms with Crippen molar-refractivity contribution >= 4 is 16.9 Å². The minimum Gasteiger partial charge on any atom is -0.381 e. The molecule has 0 spiro atoms. The molecule has 1 unspecified atom stereocenters. The van der Waals surface area contributed by atoms with Crippen molar-refractivity contribution in [3.05, 3.63) is 66.2 Å². The van der Waals surface area contributed by atoms with Gasteiger partial charge in [-0.1, -0.05) is 24.3 Å². The van der Waals surface area contributed by atoms with Crippen molar-refractivity contribution in [3.8, 4) is 0 Å². The minimum absolute atomic E-state index is 0.0250. The molecule has 0 bridgehead atoms. The van der Waals surface area contributed by atoms with Crippen molar-refractivity contribution in [1.82, 2.24) is 14.9 Å². The molecule has 3 aromatic rings. The summed E-state index contributed by atoms with van der Waals surface area (Å²) >= 11 is 0. The molecule has 140 valence electrons. The molecular weight excluding hydrogens is 345 g/mol. The Morgan fingerprint density at radius 1 is 1.19 bits per heavy atom. The van der Waals surface area contributed by atoms with Gasteiger partial charge in [0.2, 0.25) is 5.91 Å². The van der Waals surface area contributed by atoms with Gasteiger partial charge in [-0.3, -0.25) is 4.79 Å². The number of imidazole rings is 1. The van der Waals surface area contributed by atoms with Gasteiger partial charge in [0.1, 0.15) is 5.82 Å². The van der Waals surface area contributed by atoms with E-state index >= 15 is 0 Å². The van der Waals surface area contributed by atoms with Crippen molar-refractivity contribution in [2.24, 2.45) is 5.92 Å². The summed E-state index contributed by atoms with van der Waals surface area (Å²) in [5.74, 6) is -0.306. The van der Waals surface area contributed by atoms with E-state index in [1.54, 1.807) is 18.5 Å². The molecule has 1 atom stereocenters. The van der Waals surface area contributed by atoms with Gasteiger partial charge in [0.15, 0.2) is 0 Å². The lowest BCUT2D eigenvalue weighted by Crippen LogP contribution is -2.38. The Bertz CT molecular complexity index is 917. The topological polar surface area (TPSA) is 56.2 Å². The number of amides is 1. The van der Waals surface area contributed by atoms with Crippen LogP contribution in [0.3, 0.4) is 0 Å². The highest BCUT2D eigenvalue weighted by atomic mass is 19.1. The Kier molecular flexibility index (Phi) is 5.16. The smallest absolute Gasteiger partial charge is 0.223 e. The number of hydrogen-bond donors (Lipinski definition) is 1. The molecule has 1 fully saturated rings. The van der Waals surface area contributed by atoms with Gasteiger partial charge in [0, 0.05) is 25.7 Å². The van der Waals surface area contributed by atoms with E-state index < -0.39 is 0 Å². The Balaban J connectivity index is 1.59. The van der Waals surface area contributed by atoms with Gasteiger partial charge in [0.05, 0.1) is 23.4 Å². The molecule has 4 rings (SSSR count). The highest BCUT2D eigenvalue weighted by Crippen LogP contribution is 2.22.